The predicted octanol–water partition coefficient (Wildman–Crippen LogP) is 3.61. The van der Waals surface area contributed by atoms with Crippen LogP contribution in [0.2, 0.25) is 0 Å². The van der Waals surface area contributed by atoms with Crippen molar-refractivity contribution < 1.29 is 51.8 Å². The second-order valence-corrected chi connectivity index (χ2v) is 13.4. The van der Waals surface area contributed by atoms with Crippen molar-refractivity contribution in [3.63, 3.8) is 0 Å². The number of halogens is 3. The number of amides is 3. The largest absolute Gasteiger partial charge is 0.492 e. The summed E-state index contributed by atoms with van der Waals surface area (Å²) in [6.45, 7) is 5.23. The molecule has 2 aliphatic heterocycles. The first-order valence-corrected chi connectivity index (χ1v) is 15.5. The van der Waals surface area contributed by atoms with Crippen LogP contribution in [0.15, 0.2) is 23.4 Å². The van der Waals surface area contributed by atoms with Gasteiger partial charge in [-0.1, -0.05) is 25.9 Å². The molecule has 1 aromatic rings. The minimum atomic E-state index is -2.97. The number of carbonyl (C=O) groups excluding carboxylic acids is 3. The van der Waals surface area contributed by atoms with E-state index in [2.05, 4.69) is 15.8 Å². The number of hydrogen-bond donors (Lipinski definition) is 3. The molecule has 3 N–H and O–H groups in total. The van der Waals surface area contributed by atoms with Crippen LogP contribution in [-0.2, 0) is 24.0 Å². The third-order valence-corrected chi connectivity index (χ3v) is 9.01. The highest BCUT2D eigenvalue weighted by Gasteiger charge is 2.66. The number of oxime groups is 1. The summed E-state index contributed by atoms with van der Waals surface area (Å²) in [5.41, 5.74) is -2.25. The molecule has 46 heavy (non-hydrogen) atoms. The van der Waals surface area contributed by atoms with Gasteiger partial charge in [0.1, 0.15) is 41.4 Å². The fraction of sp³-hybridized carbons (Fsp3) is 0.645. The van der Waals surface area contributed by atoms with Gasteiger partial charge in [0, 0.05) is 18.4 Å². The van der Waals surface area contributed by atoms with E-state index < -0.39 is 77.6 Å². The highest BCUT2D eigenvalue weighted by molar-refractivity contribution is 6.03. The SMILES string of the molecule is CC(C)(C)[C@H](NC(=O)OC1CCCC1)C(=O)N1C[C@H](O/N=C2/CCOc3ccc(F)cc32)C[C@H]1C(=O)N[C@@]1(C(=O)O)C[C@H]1C(F)F. The number of carboxylic acids is 1. The smallest absolute Gasteiger partial charge is 0.408 e. The number of ether oxygens (including phenoxy) is 2. The maximum atomic E-state index is 14.1. The summed E-state index contributed by atoms with van der Waals surface area (Å²) in [5, 5.41) is 18.8. The van der Waals surface area contributed by atoms with Crippen LogP contribution in [0.1, 0.15) is 71.3 Å². The lowest BCUT2D eigenvalue weighted by Crippen LogP contribution is -2.59. The number of carbonyl (C=O) groups is 4. The minimum absolute atomic E-state index is 0.153. The van der Waals surface area contributed by atoms with Gasteiger partial charge in [-0.05, 0) is 55.7 Å². The molecule has 0 radical (unpaired) electrons. The van der Waals surface area contributed by atoms with E-state index in [0.29, 0.717) is 36.3 Å². The molecule has 12 nitrogen and oxygen atoms in total. The summed E-state index contributed by atoms with van der Waals surface area (Å²) in [4.78, 5) is 59.4. The fourth-order valence-electron chi connectivity index (χ4n) is 6.31. The van der Waals surface area contributed by atoms with Gasteiger partial charge in [0.05, 0.1) is 24.8 Å². The lowest BCUT2D eigenvalue weighted by atomic mass is 9.85. The highest BCUT2D eigenvalue weighted by Crippen LogP contribution is 2.48. The second kappa shape index (κ2) is 13.0. The van der Waals surface area contributed by atoms with Crippen LogP contribution in [0, 0.1) is 17.2 Å². The summed E-state index contributed by atoms with van der Waals surface area (Å²) in [6, 6.07) is 1.47. The number of likely N-dealkylation sites (tertiary alicyclic amines) is 1. The predicted molar refractivity (Wildman–Crippen MR) is 156 cm³/mol. The van der Waals surface area contributed by atoms with Gasteiger partial charge in [0.25, 0.3) is 0 Å². The molecule has 2 aliphatic carbocycles. The van der Waals surface area contributed by atoms with Gasteiger partial charge in [0.2, 0.25) is 18.2 Å². The first kappa shape index (κ1) is 33.3. The molecule has 0 spiro atoms. The molecule has 1 saturated heterocycles. The molecule has 0 aromatic heterocycles. The van der Waals surface area contributed by atoms with E-state index in [1.165, 1.54) is 18.2 Å². The Balaban J connectivity index is 1.38. The van der Waals surface area contributed by atoms with Crippen LogP contribution in [0.5, 0.6) is 5.75 Å². The quantitative estimate of drug-likeness (QED) is 0.342. The molecule has 3 amide bonds. The molecule has 1 aromatic carbocycles. The summed E-state index contributed by atoms with van der Waals surface area (Å²) in [6.07, 6.45) is -1.95. The number of hydrogen-bond acceptors (Lipinski definition) is 8. The standard InChI is InChI=1S/C31H39F3N4O8/c1-30(2,3)24(35-29(43)45-17-6-4-5-7-17)27(40)38-15-18(46-37-21-10-11-44-23-9-8-16(32)12-19(21)23)13-22(38)26(39)36-31(28(41)42)14-20(31)25(33)34/h8-9,12,17-18,20,22,24-25H,4-7,10-11,13-15H2,1-3H3,(H,35,43)(H,36,39)(H,41,42)/b37-21-/t18-,20+,22+,24-,31+/m1/s1. The molecule has 5 rings (SSSR count). The van der Waals surface area contributed by atoms with Crippen LogP contribution >= 0.6 is 0 Å². The Kier molecular flexibility index (Phi) is 9.41. The number of nitrogens with one attached hydrogen (secondary N) is 2. The third kappa shape index (κ3) is 7.02. The van der Waals surface area contributed by atoms with Crippen LogP contribution < -0.4 is 15.4 Å². The molecule has 15 heteroatoms. The van der Waals surface area contributed by atoms with Crippen molar-refractivity contribution in [3.8, 4) is 5.75 Å². The minimum Gasteiger partial charge on any atom is -0.492 e. The lowest BCUT2D eigenvalue weighted by molar-refractivity contribution is -0.147. The van der Waals surface area contributed by atoms with Crippen molar-refractivity contribution in [2.45, 2.75) is 102 Å². The number of carboxylic acid groups (broad SMARTS) is 1. The first-order chi connectivity index (χ1) is 21.7. The number of benzene rings is 1. The summed E-state index contributed by atoms with van der Waals surface area (Å²) in [7, 11) is 0. The molecule has 4 aliphatic rings. The lowest BCUT2D eigenvalue weighted by Gasteiger charge is -2.35. The van der Waals surface area contributed by atoms with Gasteiger partial charge in [-0.3, -0.25) is 9.59 Å². The van der Waals surface area contributed by atoms with Crippen molar-refractivity contribution in [1.29, 1.82) is 0 Å². The molecular formula is C31H39F3N4O8. The van der Waals surface area contributed by atoms with Crippen molar-refractivity contribution in [1.82, 2.24) is 15.5 Å². The first-order valence-electron chi connectivity index (χ1n) is 15.5. The molecule has 2 heterocycles. The van der Waals surface area contributed by atoms with Crippen molar-refractivity contribution in [2.75, 3.05) is 13.2 Å². The highest BCUT2D eigenvalue weighted by atomic mass is 19.3. The van der Waals surface area contributed by atoms with Crippen LogP contribution in [0.4, 0.5) is 18.0 Å². The van der Waals surface area contributed by atoms with E-state index in [4.69, 9.17) is 14.3 Å². The van der Waals surface area contributed by atoms with Gasteiger partial charge in [-0.15, -0.1) is 0 Å². The maximum Gasteiger partial charge on any atom is 0.408 e. The molecule has 5 atom stereocenters. The van der Waals surface area contributed by atoms with Crippen molar-refractivity contribution in [2.24, 2.45) is 16.5 Å². The maximum absolute atomic E-state index is 14.1. The number of nitrogens with zero attached hydrogens (tertiary/aromatic N) is 2. The Labute approximate surface area is 264 Å². The van der Waals surface area contributed by atoms with E-state index in [1.807, 2.05) is 0 Å². The Morgan fingerprint density at radius 3 is 2.50 bits per heavy atom. The topological polar surface area (TPSA) is 156 Å². The normalized spacial score (nSPS) is 27.5. The van der Waals surface area contributed by atoms with Gasteiger partial charge in [0.15, 0.2) is 0 Å². The molecule has 0 unspecified atom stereocenters. The van der Waals surface area contributed by atoms with E-state index in [0.717, 1.165) is 17.7 Å². The average Bonchev–Trinajstić information content (AvgIpc) is 3.28. The number of alkyl halides is 2. The zero-order valence-electron chi connectivity index (χ0n) is 25.9. The summed E-state index contributed by atoms with van der Waals surface area (Å²) >= 11 is 0. The summed E-state index contributed by atoms with van der Waals surface area (Å²) < 4.78 is 52.0. The third-order valence-electron chi connectivity index (χ3n) is 9.01. The molecule has 252 valence electrons. The fourth-order valence-corrected chi connectivity index (χ4v) is 6.31. The van der Waals surface area contributed by atoms with Gasteiger partial charge in [-0.25, -0.2) is 22.8 Å². The monoisotopic (exact) mass is 652 g/mol. The zero-order chi connectivity index (χ0) is 33.4. The molecule has 0 bridgehead atoms. The van der Waals surface area contributed by atoms with Gasteiger partial charge < -0.3 is 35.0 Å². The molecule has 2 saturated carbocycles. The Morgan fingerprint density at radius 2 is 1.87 bits per heavy atom. The van der Waals surface area contributed by atoms with Crippen LogP contribution in [-0.4, -0.2) is 89.0 Å². The Hall–Kier alpha value is -4.04. The number of fused-ring (bicyclic) bond motifs is 1. The van der Waals surface area contributed by atoms with E-state index in [9.17, 15) is 37.5 Å². The van der Waals surface area contributed by atoms with Crippen molar-refractivity contribution in [3.05, 3.63) is 29.6 Å². The molecular weight excluding hydrogens is 613 g/mol. The van der Waals surface area contributed by atoms with Crippen LogP contribution in [0.25, 0.3) is 0 Å². The van der Waals surface area contributed by atoms with Crippen molar-refractivity contribution >= 4 is 29.6 Å². The number of alkyl carbamates (subject to hydrolysis) is 1. The zero-order valence-corrected chi connectivity index (χ0v) is 25.9. The van der Waals surface area contributed by atoms with Gasteiger partial charge >= 0.3 is 12.1 Å². The molecule has 3 fully saturated rings. The van der Waals surface area contributed by atoms with E-state index >= 15 is 0 Å². The Bertz CT molecular complexity index is 1400. The summed E-state index contributed by atoms with van der Waals surface area (Å²) in [5.74, 6) is -4.89. The Morgan fingerprint density at radius 1 is 1.15 bits per heavy atom. The van der Waals surface area contributed by atoms with Crippen LogP contribution in [0.3, 0.4) is 0 Å². The average molecular weight is 653 g/mol. The van der Waals surface area contributed by atoms with E-state index in [-0.39, 0.29) is 25.7 Å². The van der Waals surface area contributed by atoms with E-state index in [1.54, 1.807) is 20.8 Å². The second-order valence-electron chi connectivity index (χ2n) is 13.4. The number of aliphatic carboxylic acids is 1. The number of rotatable bonds is 9. The van der Waals surface area contributed by atoms with Gasteiger partial charge in [-0.2, -0.15) is 0 Å².